The Kier molecular flexibility index (Phi) is 11.6. The summed E-state index contributed by atoms with van der Waals surface area (Å²) in [5.41, 5.74) is 0. The molecule has 2 saturated heterocycles. The molecule has 0 aromatic heterocycles. The van der Waals surface area contributed by atoms with Gasteiger partial charge in [0.1, 0.15) is 6.10 Å². The van der Waals surface area contributed by atoms with Gasteiger partial charge in [-0.2, -0.15) is 5.06 Å². The Morgan fingerprint density at radius 2 is 1.67 bits per heavy atom. The number of amides is 1. The summed E-state index contributed by atoms with van der Waals surface area (Å²) in [5.74, 6) is -1.14. The summed E-state index contributed by atoms with van der Waals surface area (Å²) in [4.78, 5) is 28.0. The number of carbonyl (C=O) groups excluding carboxylic acids is 2. The minimum absolute atomic E-state index is 0.0337. The van der Waals surface area contributed by atoms with Crippen molar-refractivity contribution in [2.75, 3.05) is 33.5 Å². The highest BCUT2D eigenvalue weighted by Gasteiger charge is 2.44. The summed E-state index contributed by atoms with van der Waals surface area (Å²) in [6, 6.07) is 0. The Balaban J connectivity index is 2.03. The van der Waals surface area contributed by atoms with Gasteiger partial charge in [-0.05, 0) is 31.0 Å². The standard InChI is InChI=1S/C23H44NO10PSi/c1-9-18-19(10-13-28-18)33-35(27,30-15-12-22(26)24(6)32-17(2)25)31-16-21-20(11-14-29-21)34-36(7,8)23(3,4)5/h18-21H,9-16H2,1-8H3/t18-,19-,20-,21-,35+/m1/s1. The van der Waals surface area contributed by atoms with Gasteiger partial charge in [0.15, 0.2) is 8.32 Å². The highest BCUT2D eigenvalue weighted by Crippen LogP contribution is 2.53. The number of phosphoric ester groups is 1. The molecule has 2 heterocycles. The molecular formula is C23H44NO10PSi. The molecule has 11 nitrogen and oxygen atoms in total. The van der Waals surface area contributed by atoms with Gasteiger partial charge in [-0.15, -0.1) is 0 Å². The SMILES string of the molecule is CC[C@H]1OCC[C@H]1O[P@@](=O)(OCCC(=O)N(C)OC(C)=O)OC[C@H]1OCC[C@H]1O[Si](C)(C)C(C)(C)C. The highest BCUT2D eigenvalue weighted by molar-refractivity contribution is 7.48. The first kappa shape index (κ1) is 31.4. The van der Waals surface area contributed by atoms with Crippen LogP contribution < -0.4 is 0 Å². The highest BCUT2D eigenvalue weighted by atomic mass is 31.2. The fourth-order valence-electron chi connectivity index (χ4n) is 3.68. The van der Waals surface area contributed by atoms with Gasteiger partial charge in [-0.3, -0.25) is 23.2 Å². The topological polar surface area (TPSA) is 119 Å². The van der Waals surface area contributed by atoms with Crippen molar-refractivity contribution in [3.05, 3.63) is 0 Å². The molecule has 2 fully saturated rings. The third kappa shape index (κ3) is 9.16. The molecule has 210 valence electrons. The van der Waals surface area contributed by atoms with E-state index in [-0.39, 0.29) is 36.9 Å². The third-order valence-electron chi connectivity index (χ3n) is 6.80. The maximum atomic E-state index is 13.6. The van der Waals surface area contributed by atoms with Crippen molar-refractivity contribution in [3.63, 3.8) is 0 Å². The maximum Gasteiger partial charge on any atom is 0.475 e. The quantitative estimate of drug-likeness (QED) is 0.197. The van der Waals surface area contributed by atoms with E-state index in [1.165, 1.54) is 14.0 Å². The van der Waals surface area contributed by atoms with Crippen LogP contribution in [0, 0.1) is 0 Å². The van der Waals surface area contributed by atoms with Crippen molar-refractivity contribution < 1.29 is 46.5 Å². The van der Waals surface area contributed by atoms with Gasteiger partial charge in [0.2, 0.25) is 0 Å². The van der Waals surface area contributed by atoms with Crippen molar-refractivity contribution >= 4 is 28.0 Å². The summed E-state index contributed by atoms with van der Waals surface area (Å²) < 4.78 is 48.8. The van der Waals surface area contributed by atoms with Gasteiger partial charge in [0.25, 0.3) is 5.91 Å². The average molecular weight is 554 g/mol. The molecule has 0 aromatic rings. The zero-order valence-corrected chi connectivity index (χ0v) is 24.8. The Labute approximate surface area is 216 Å². The van der Waals surface area contributed by atoms with Crippen molar-refractivity contribution in [3.8, 4) is 0 Å². The van der Waals surface area contributed by atoms with Gasteiger partial charge >= 0.3 is 13.8 Å². The van der Waals surface area contributed by atoms with E-state index >= 15 is 0 Å². The zero-order valence-electron chi connectivity index (χ0n) is 22.9. The first-order valence-electron chi connectivity index (χ1n) is 12.6. The van der Waals surface area contributed by atoms with E-state index in [1.54, 1.807) is 0 Å². The summed E-state index contributed by atoms with van der Waals surface area (Å²) >= 11 is 0. The van der Waals surface area contributed by atoms with Gasteiger partial charge < -0.3 is 18.7 Å². The molecule has 0 bridgehead atoms. The fourth-order valence-corrected chi connectivity index (χ4v) is 6.47. The predicted molar refractivity (Wildman–Crippen MR) is 135 cm³/mol. The normalized spacial score (nSPS) is 26.6. The molecule has 0 aliphatic carbocycles. The number of nitrogens with zero attached hydrogens (tertiary/aromatic N) is 1. The van der Waals surface area contributed by atoms with Crippen LogP contribution in [0.2, 0.25) is 18.1 Å². The molecule has 2 rings (SSSR count). The Hall–Kier alpha value is -0.853. The number of ether oxygens (including phenoxy) is 2. The third-order valence-corrected chi connectivity index (χ3v) is 12.8. The average Bonchev–Trinajstić information content (AvgIpc) is 3.39. The lowest BCUT2D eigenvalue weighted by Gasteiger charge is -2.39. The lowest BCUT2D eigenvalue weighted by Crippen LogP contribution is -2.46. The summed E-state index contributed by atoms with van der Waals surface area (Å²) in [6.07, 6.45) is 0.497. The van der Waals surface area contributed by atoms with E-state index in [0.717, 1.165) is 11.5 Å². The van der Waals surface area contributed by atoms with Crippen LogP contribution in [0.4, 0.5) is 0 Å². The van der Waals surface area contributed by atoms with E-state index in [1.807, 2.05) is 6.92 Å². The second kappa shape index (κ2) is 13.3. The number of rotatable bonds is 12. The van der Waals surface area contributed by atoms with Crippen LogP contribution in [-0.2, 0) is 46.5 Å². The molecule has 0 spiro atoms. The largest absolute Gasteiger partial charge is 0.475 e. The minimum Gasteiger partial charge on any atom is -0.411 e. The van der Waals surface area contributed by atoms with Crippen LogP contribution in [0.5, 0.6) is 0 Å². The number of phosphoric acid groups is 1. The van der Waals surface area contributed by atoms with Crippen molar-refractivity contribution in [2.45, 2.75) is 103 Å². The predicted octanol–water partition coefficient (Wildman–Crippen LogP) is 4.22. The zero-order chi connectivity index (χ0) is 27.1. The number of hydrogen-bond donors (Lipinski definition) is 0. The van der Waals surface area contributed by atoms with E-state index in [0.29, 0.717) is 26.1 Å². The second-order valence-electron chi connectivity index (χ2n) is 10.7. The lowest BCUT2D eigenvalue weighted by molar-refractivity contribution is -0.191. The van der Waals surface area contributed by atoms with E-state index < -0.39 is 40.2 Å². The van der Waals surface area contributed by atoms with E-state index in [4.69, 9.17) is 32.3 Å². The molecule has 0 N–H and O–H groups in total. The maximum absolute atomic E-state index is 13.6. The van der Waals surface area contributed by atoms with Crippen molar-refractivity contribution in [2.24, 2.45) is 0 Å². The fraction of sp³-hybridized carbons (Fsp3) is 0.913. The van der Waals surface area contributed by atoms with Gasteiger partial charge in [0, 0.05) is 33.6 Å². The molecule has 1 amide bonds. The first-order valence-corrected chi connectivity index (χ1v) is 17.0. The van der Waals surface area contributed by atoms with E-state index in [2.05, 4.69) is 33.9 Å². The van der Waals surface area contributed by atoms with Crippen LogP contribution in [0.3, 0.4) is 0 Å². The van der Waals surface area contributed by atoms with Crippen LogP contribution in [0.25, 0.3) is 0 Å². The molecule has 13 heteroatoms. The molecule has 0 aromatic carbocycles. The molecule has 36 heavy (non-hydrogen) atoms. The van der Waals surface area contributed by atoms with Crippen LogP contribution in [-0.4, -0.2) is 83.1 Å². The molecular weight excluding hydrogens is 509 g/mol. The minimum atomic E-state index is -4.08. The van der Waals surface area contributed by atoms with Gasteiger partial charge in [-0.1, -0.05) is 27.7 Å². The molecule has 2 aliphatic heterocycles. The van der Waals surface area contributed by atoms with E-state index in [9.17, 15) is 14.2 Å². The van der Waals surface area contributed by atoms with Crippen molar-refractivity contribution in [1.82, 2.24) is 5.06 Å². The summed E-state index contributed by atoms with van der Waals surface area (Å²) in [6.45, 7) is 14.7. The number of hydroxylamine groups is 2. The Morgan fingerprint density at radius 1 is 1.06 bits per heavy atom. The smallest absolute Gasteiger partial charge is 0.411 e. The molecule has 5 atom stereocenters. The van der Waals surface area contributed by atoms with Crippen LogP contribution >= 0.6 is 7.82 Å². The van der Waals surface area contributed by atoms with Crippen LogP contribution in [0.15, 0.2) is 0 Å². The number of carbonyl (C=O) groups is 2. The Bertz CT molecular complexity index is 789. The molecule has 2 aliphatic rings. The monoisotopic (exact) mass is 553 g/mol. The number of hydrogen-bond acceptors (Lipinski definition) is 10. The summed E-state index contributed by atoms with van der Waals surface area (Å²) in [5, 5.41) is 0.845. The van der Waals surface area contributed by atoms with Crippen molar-refractivity contribution in [1.29, 1.82) is 0 Å². The summed E-state index contributed by atoms with van der Waals surface area (Å²) in [7, 11) is -4.81. The van der Waals surface area contributed by atoms with Crippen LogP contribution in [0.1, 0.15) is 60.3 Å². The molecule has 0 unspecified atom stereocenters. The van der Waals surface area contributed by atoms with Gasteiger partial charge in [0.05, 0.1) is 37.9 Å². The molecule has 0 radical (unpaired) electrons. The first-order chi connectivity index (χ1) is 16.7. The van der Waals surface area contributed by atoms with Gasteiger partial charge in [-0.25, -0.2) is 4.57 Å². The second-order valence-corrected chi connectivity index (χ2v) is 17.0. The lowest BCUT2D eigenvalue weighted by atomic mass is 10.1. The Morgan fingerprint density at radius 3 is 2.25 bits per heavy atom. The molecule has 0 saturated carbocycles.